The lowest BCUT2D eigenvalue weighted by molar-refractivity contribution is 0.0697. The topological polar surface area (TPSA) is 87.7 Å². The van der Waals surface area contributed by atoms with Crippen molar-refractivity contribution in [2.45, 2.75) is 13.0 Å². The molecule has 1 aromatic carbocycles. The average molecular weight is 331 g/mol. The first-order chi connectivity index (χ1) is 8.93. The number of urea groups is 1. The summed E-state index contributed by atoms with van der Waals surface area (Å²) in [6.45, 7) is 2.19. The number of carboxylic acid groups (broad SMARTS) is 1. The van der Waals surface area contributed by atoms with Crippen molar-refractivity contribution < 1.29 is 19.4 Å². The molecule has 0 saturated heterocycles. The van der Waals surface area contributed by atoms with Crippen LogP contribution in [0.3, 0.4) is 0 Å². The lowest BCUT2D eigenvalue weighted by Gasteiger charge is -2.14. The Kier molecular flexibility index (Phi) is 5.78. The Morgan fingerprint density at radius 2 is 2.16 bits per heavy atom. The maximum absolute atomic E-state index is 11.7. The van der Waals surface area contributed by atoms with Gasteiger partial charge in [-0.15, -0.1) is 0 Å². The van der Waals surface area contributed by atoms with Crippen LogP contribution in [0.15, 0.2) is 22.7 Å². The number of hydrogen-bond donors (Lipinski definition) is 3. The van der Waals surface area contributed by atoms with Crippen molar-refractivity contribution in [3.05, 3.63) is 28.2 Å². The molecule has 0 aromatic heterocycles. The Balaban J connectivity index is 2.73. The van der Waals surface area contributed by atoms with Crippen LogP contribution in [-0.4, -0.2) is 36.9 Å². The number of hydrogen-bond acceptors (Lipinski definition) is 3. The van der Waals surface area contributed by atoms with Gasteiger partial charge >= 0.3 is 12.0 Å². The summed E-state index contributed by atoms with van der Waals surface area (Å²) in [6.07, 6.45) is 0. The summed E-state index contributed by atoms with van der Waals surface area (Å²) < 4.78 is 5.50. The van der Waals surface area contributed by atoms with E-state index in [1.165, 1.54) is 12.1 Å². The molecule has 7 heteroatoms. The van der Waals surface area contributed by atoms with Crippen molar-refractivity contribution in [3.63, 3.8) is 0 Å². The van der Waals surface area contributed by atoms with Crippen molar-refractivity contribution in [2.75, 3.05) is 19.0 Å². The molecular formula is C12H15BrN2O4. The molecule has 19 heavy (non-hydrogen) atoms. The van der Waals surface area contributed by atoms with Crippen LogP contribution in [0.2, 0.25) is 0 Å². The summed E-state index contributed by atoms with van der Waals surface area (Å²) in [5.74, 6) is -1.05. The third-order valence-corrected chi connectivity index (χ3v) is 2.95. The highest BCUT2D eigenvalue weighted by atomic mass is 79.9. The third kappa shape index (κ3) is 4.88. The largest absolute Gasteiger partial charge is 0.478 e. The fraction of sp³-hybridized carbons (Fsp3) is 0.333. The normalized spacial score (nSPS) is 11.7. The maximum atomic E-state index is 11.7. The van der Waals surface area contributed by atoms with Crippen LogP contribution < -0.4 is 10.6 Å². The summed E-state index contributed by atoms with van der Waals surface area (Å²) in [7, 11) is 1.54. The minimum absolute atomic E-state index is 0.100. The fourth-order valence-electron chi connectivity index (χ4n) is 1.43. The Labute approximate surface area is 119 Å². The summed E-state index contributed by atoms with van der Waals surface area (Å²) >= 11 is 3.24. The van der Waals surface area contributed by atoms with Gasteiger partial charge in [0.15, 0.2) is 0 Å². The number of nitrogens with one attached hydrogen (secondary N) is 2. The van der Waals surface area contributed by atoms with Gasteiger partial charge in [-0.2, -0.15) is 0 Å². The molecule has 0 aliphatic carbocycles. The van der Waals surface area contributed by atoms with E-state index < -0.39 is 12.0 Å². The van der Waals surface area contributed by atoms with Crippen molar-refractivity contribution in [1.82, 2.24) is 5.32 Å². The van der Waals surface area contributed by atoms with E-state index in [1.54, 1.807) is 20.1 Å². The van der Waals surface area contributed by atoms with Gasteiger partial charge in [0.05, 0.1) is 23.9 Å². The van der Waals surface area contributed by atoms with Crippen LogP contribution in [0, 0.1) is 0 Å². The van der Waals surface area contributed by atoms with Gasteiger partial charge in [-0.3, -0.25) is 0 Å². The van der Waals surface area contributed by atoms with E-state index in [-0.39, 0.29) is 11.6 Å². The molecule has 0 aliphatic heterocycles. The number of ether oxygens (including phenoxy) is 1. The molecule has 0 saturated carbocycles. The summed E-state index contributed by atoms with van der Waals surface area (Å²) in [5.41, 5.74) is 0.491. The Bertz CT molecular complexity index is 479. The van der Waals surface area contributed by atoms with E-state index in [0.717, 1.165) is 0 Å². The maximum Gasteiger partial charge on any atom is 0.335 e. The van der Waals surface area contributed by atoms with Crippen molar-refractivity contribution in [1.29, 1.82) is 0 Å². The fourth-order valence-corrected chi connectivity index (χ4v) is 1.77. The van der Waals surface area contributed by atoms with Crippen LogP contribution in [-0.2, 0) is 4.74 Å². The first-order valence-electron chi connectivity index (χ1n) is 5.53. The van der Waals surface area contributed by atoms with Gasteiger partial charge in [0.1, 0.15) is 0 Å². The third-order valence-electron chi connectivity index (χ3n) is 2.26. The number of rotatable bonds is 5. The monoisotopic (exact) mass is 330 g/mol. The standard InChI is InChI=1S/C12H15BrN2O4/c1-7(6-19-2)14-12(18)15-10-5-8(11(16)17)3-4-9(10)13/h3-5,7H,6H2,1-2H3,(H,16,17)(H2,14,15,18). The Morgan fingerprint density at radius 1 is 1.47 bits per heavy atom. The molecule has 0 fully saturated rings. The molecule has 0 heterocycles. The molecule has 1 rings (SSSR count). The zero-order chi connectivity index (χ0) is 14.4. The minimum atomic E-state index is -1.05. The van der Waals surface area contributed by atoms with Gasteiger partial charge in [0, 0.05) is 11.6 Å². The number of benzene rings is 1. The highest BCUT2D eigenvalue weighted by molar-refractivity contribution is 9.10. The van der Waals surface area contributed by atoms with E-state index in [2.05, 4.69) is 26.6 Å². The molecule has 0 spiro atoms. The van der Waals surface area contributed by atoms with E-state index >= 15 is 0 Å². The van der Waals surface area contributed by atoms with E-state index in [1.807, 2.05) is 0 Å². The molecule has 104 valence electrons. The highest BCUT2D eigenvalue weighted by Crippen LogP contribution is 2.23. The average Bonchev–Trinajstić information content (AvgIpc) is 2.31. The molecule has 3 N–H and O–H groups in total. The van der Waals surface area contributed by atoms with Crippen molar-refractivity contribution in [2.24, 2.45) is 0 Å². The SMILES string of the molecule is COCC(C)NC(=O)Nc1cc(C(=O)O)ccc1Br. The van der Waals surface area contributed by atoms with Crippen LogP contribution in [0.4, 0.5) is 10.5 Å². The van der Waals surface area contributed by atoms with Gasteiger partial charge in [0.2, 0.25) is 0 Å². The number of aromatic carboxylic acids is 1. The lowest BCUT2D eigenvalue weighted by atomic mass is 10.2. The number of carboxylic acids is 1. The molecule has 1 unspecified atom stereocenters. The van der Waals surface area contributed by atoms with Gasteiger partial charge in [-0.25, -0.2) is 9.59 Å². The summed E-state index contributed by atoms with van der Waals surface area (Å²) in [4.78, 5) is 22.5. The van der Waals surface area contributed by atoms with Crippen LogP contribution in [0.25, 0.3) is 0 Å². The smallest absolute Gasteiger partial charge is 0.335 e. The van der Waals surface area contributed by atoms with Crippen LogP contribution in [0.5, 0.6) is 0 Å². The minimum Gasteiger partial charge on any atom is -0.478 e. The lowest BCUT2D eigenvalue weighted by Crippen LogP contribution is -2.38. The molecule has 1 atom stereocenters. The first kappa shape index (κ1) is 15.5. The number of carbonyl (C=O) groups excluding carboxylic acids is 1. The quantitative estimate of drug-likeness (QED) is 0.773. The number of carbonyl (C=O) groups is 2. The van der Waals surface area contributed by atoms with E-state index in [0.29, 0.717) is 16.8 Å². The molecule has 6 nitrogen and oxygen atoms in total. The summed E-state index contributed by atoms with van der Waals surface area (Å²) in [6, 6.07) is 3.83. The first-order valence-corrected chi connectivity index (χ1v) is 6.32. The second kappa shape index (κ2) is 7.10. The Hall–Kier alpha value is -1.60. The van der Waals surface area contributed by atoms with Gasteiger partial charge in [-0.1, -0.05) is 0 Å². The van der Waals surface area contributed by atoms with E-state index in [4.69, 9.17) is 9.84 Å². The predicted molar refractivity (Wildman–Crippen MR) is 74.6 cm³/mol. The predicted octanol–water partition coefficient (Wildman–Crippen LogP) is 2.30. The second-order valence-corrected chi connectivity index (χ2v) is 4.81. The molecule has 0 aliphatic rings. The second-order valence-electron chi connectivity index (χ2n) is 3.95. The molecular weight excluding hydrogens is 316 g/mol. The van der Waals surface area contributed by atoms with Crippen LogP contribution in [0.1, 0.15) is 17.3 Å². The number of methoxy groups -OCH3 is 1. The number of anilines is 1. The molecule has 0 bridgehead atoms. The van der Waals surface area contributed by atoms with Crippen molar-refractivity contribution >= 4 is 33.6 Å². The van der Waals surface area contributed by atoms with Gasteiger partial charge in [-0.05, 0) is 41.1 Å². The van der Waals surface area contributed by atoms with Gasteiger partial charge in [0.25, 0.3) is 0 Å². The number of halogens is 1. The zero-order valence-electron chi connectivity index (χ0n) is 10.6. The highest BCUT2D eigenvalue weighted by Gasteiger charge is 2.11. The molecule has 1 aromatic rings. The Morgan fingerprint density at radius 3 is 2.74 bits per heavy atom. The van der Waals surface area contributed by atoms with E-state index in [9.17, 15) is 9.59 Å². The molecule has 0 radical (unpaired) electrons. The molecule has 2 amide bonds. The van der Waals surface area contributed by atoms with Crippen LogP contribution >= 0.6 is 15.9 Å². The zero-order valence-corrected chi connectivity index (χ0v) is 12.2. The van der Waals surface area contributed by atoms with Gasteiger partial charge < -0.3 is 20.5 Å². The summed E-state index contributed by atoms with van der Waals surface area (Å²) in [5, 5.41) is 14.1. The van der Waals surface area contributed by atoms with Crippen molar-refractivity contribution in [3.8, 4) is 0 Å². The number of amides is 2.